The molecule has 1 aromatic carbocycles. The van der Waals surface area contributed by atoms with E-state index in [4.69, 9.17) is 0 Å². The molecule has 1 amide bonds. The van der Waals surface area contributed by atoms with Crippen molar-refractivity contribution >= 4 is 5.91 Å². The van der Waals surface area contributed by atoms with Crippen LogP contribution in [0.4, 0.5) is 17.6 Å². The lowest BCUT2D eigenvalue weighted by molar-refractivity contribution is -0.140. The number of hydrogen-bond acceptors (Lipinski definition) is 3. The van der Waals surface area contributed by atoms with Gasteiger partial charge in [0.15, 0.2) is 0 Å². The molecule has 8 heteroatoms. The fraction of sp³-hybridized carbons (Fsp3) is 0.611. The summed E-state index contributed by atoms with van der Waals surface area (Å²) in [4.78, 5) is 16.7. The smallest absolute Gasteiger partial charge is 0.359 e. The van der Waals surface area contributed by atoms with Crippen molar-refractivity contribution in [1.29, 1.82) is 0 Å². The highest BCUT2D eigenvalue weighted by atomic mass is 19.4. The fourth-order valence-electron chi connectivity index (χ4n) is 3.21. The van der Waals surface area contributed by atoms with E-state index in [2.05, 4.69) is 29.0 Å². The predicted molar refractivity (Wildman–Crippen MR) is 91.4 cm³/mol. The normalized spacial score (nSPS) is 18.2. The summed E-state index contributed by atoms with van der Waals surface area (Å²) in [5, 5.41) is 2.52. The first-order valence-corrected chi connectivity index (χ1v) is 8.68. The highest BCUT2D eigenvalue weighted by Crippen LogP contribution is 2.33. The summed E-state index contributed by atoms with van der Waals surface area (Å²) in [6.07, 6.45) is -4.75. The molecule has 1 fully saturated rings. The van der Waals surface area contributed by atoms with E-state index >= 15 is 0 Å². The third kappa shape index (κ3) is 4.94. The Morgan fingerprint density at radius 2 is 1.81 bits per heavy atom. The van der Waals surface area contributed by atoms with E-state index < -0.39 is 23.5 Å². The third-order valence-electron chi connectivity index (χ3n) is 4.84. The predicted octanol–water partition coefficient (Wildman–Crippen LogP) is 2.70. The molecular weight excluding hydrogens is 350 g/mol. The molecule has 1 atom stereocenters. The lowest BCUT2D eigenvalue weighted by Crippen LogP contribution is -2.50. The minimum atomic E-state index is -4.75. The molecule has 0 spiro atoms. The molecule has 0 unspecified atom stereocenters. The molecule has 0 aliphatic carbocycles. The molecule has 1 aliphatic rings. The molecule has 1 aromatic rings. The van der Waals surface area contributed by atoms with Crippen molar-refractivity contribution < 1.29 is 22.4 Å². The van der Waals surface area contributed by atoms with Crippen molar-refractivity contribution in [3.05, 3.63) is 35.1 Å². The van der Waals surface area contributed by atoms with E-state index in [0.717, 1.165) is 32.2 Å². The number of likely N-dealkylation sites (N-methyl/N-ethyl adjacent to an activating group) is 1. The van der Waals surface area contributed by atoms with Crippen LogP contribution in [0.15, 0.2) is 18.2 Å². The molecule has 0 radical (unpaired) electrons. The maximum absolute atomic E-state index is 13.9. The first kappa shape index (κ1) is 20.6. The van der Waals surface area contributed by atoms with E-state index in [1.807, 2.05) is 0 Å². The first-order chi connectivity index (χ1) is 12.1. The number of nitrogens with one attached hydrogen (secondary N) is 1. The van der Waals surface area contributed by atoms with Crippen LogP contribution in [0.1, 0.15) is 30.9 Å². The van der Waals surface area contributed by atoms with Crippen LogP contribution in [0.2, 0.25) is 0 Å². The molecule has 26 heavy (non-hydrogen) atoms. The lowest BCUT2D eigenvalue weighted by atomic mass is 9.95. The summed E-state index contributed by atoms with van der Waals surface area (Å²) in [7, 11) is 1.46. The van der Waals surface area contributed by atoms with E-state index in [1.54, 1.807) is 0 Å². The van der Waals surface area contributed by atoms with Gasteiger partial charge in [0.1, 0.15) is 5.82 Å². The number of alkyl halides is 3. The van der Waals surface area contributed by atoms with Crippen molar-refractivity contribution in [2.75, 3.05) is 39.8 Å². The number of nitrogens with zero attached hydrogens (tertiary/aromatic N) is 2. The quantitative estimate of drug-likeness (QED) is 0.804. The third-order valence-corrected chi connectivity index (χ3v) is 4.84. The van der Waals surface area contributed by atoms with Crippen LogP contribution in [0.5, 0.6) is 0 Å². The van der Waals surface area contributed by atoms with Crippen molar-refractivity contribution in [2.45, 2.75) is 32.0 Å². The molecule has 0 bridgehead atoms. The maximum Gasteiger partial charge on any atom is 0.419 e. The van der Waals surface area contributed by atoms with Gasteiger partial charge in [-0.05, 0) is 31.5 Å². The van der Waals surface area contributed by atoms with Gasteiger partial charge in [0.25, 0.3) is 0 Å². The Bertz CT molecular complexity index is 625. The van der Waals surface area contributed by atoms with Gasteiger partial charge in [-0.3, -0.25) is 14.6 Å². The van der Waals surface area contributed by atoms with E-state index in [0.29, 0.717) is 18.7 Å². The molecule has 1 aliphatic heterocycles. The zero-order valence-electron chi connectivity index (χ0n) is 15.2. The van der Waals surface area contributed by atoms with Gasteiger partial charge in [0.2, 0.25) is 5.91 Å². The van der Waals surface area contributed by atoms with Crippen molar-refractivity contribution in [3.63, 3.8) is 0 Å². The Balaban J connectivity index is 2.16. The zero-order valence-corrected chi connectivity index (χ0v) is 15.2. The number of halogens is 4. The molecular formula is C18H25F4N3O. The Morgan fingerprint density at radius 1 is 1.19 bits per heavy atom. The van der Waals surface area contributed by atoms with Crippen LogP contribution in [0, 0.1) is 5.82 Å². The zero-order chi connectivity index (χ0) is 19.5. The topological polar surface area (TPSA) is 35.6 Å². The SMILES string of the molecule is CNC(=O)[C@H](CN1CCN(C(C)C)CC1)c1ccc(C(F)(F)F)c(F)c1. The minimum Gasteiger partial charge on any atom is -0.359 e. The second-order valence-electron chi connectivity index (χ2n) is 6.83. The van der Waals surface area contributed by atoms with Gasteiger partial charge in [0.05, 0.1) is 11.5 Å². The number of piperazine rings is 1. The summed E-state index contributed by atoms with van der Waals surface area (Å²) in [5.41, 5.74) is -1.07. The van der Waals surface area contributed by atoms with Crippen LogP contribution < -0.4 is 5.32 Å². The highest BCUT2D eigenvalue weighted by Gasteiger charge is 2.35. The summed E-state index contributed by atoms with van der Waals surface area (Å²) in [6.45, 7) is 7.82. The lowest BCUT2D eigenvalue weighted by Gasteiger charge is -2.38. The summed E-state index contributed by atoms with van der Waals surface area (Å²) in [6, 6.07) is 3.16. The maximum atomic E-state index is 13.9. The average Bonchev–Trinajstić information content (AvgIpc) is 2.58. The van der Waals surface area contributed by atoms with E-state index in [1.165, 1.54) is 13.1 Å². The Labute approximate surface area is 151 Å². The number of hydrogen-bond donors (Lipinski definition) is 1. The number of carbonyl (C=O) groups excluding carboxylic acids is 1. The number of carbonyl (C=O) groups is 1. The van der Waals surface area contributed by atoms with Crippen LogP contribution in [0.25, 0.3) is 0 Å². The summed E-state index contributed by atoms with van der Waals surface area (Å²) in [5.74, 6) is -2.41. The fourth-order valence-corrected chi connectivity index (χ4v) is 3.21. The van der Waals surface area contributed by atoms with Gasteiger partial charge >= 0.3 is 6.18 Å². The van der Waals surface area contributed by atoms with E-state index in [-0.39, 0.29) is 11.5 Å². The Hall–Kier alpha value is -1.67. The van der Waals surface area contributed by atoms with Crippen LogP contribution in [-0.4, -0.2) is 61.5 Å². The minimum absolute atomic E-state index is 0.251. The van der Waals surface area contributed by atoms with Gasteiger partial charge in [-0.1, -0.05) is 6.07 Å². The number of rotatable bonds is 5. The largest absolute Gasteiger partial charge is 0.419 e. The van der Waals surface area contributed by atoms with Gasteiger partial charge in [-0.2, -0.15) is 13.2 Å². The average molecular weight is 375 g/mol. The standard InChI is InChI=1S/C18H25F4N3O/c1-12(2)25-8-6-24(7-9-25)11-14(17(26)23-3)13-4-5-15(16(19)10-13)18(20,21)22/h4-5,10,12,14H,6-9,11H2,1-3H3,(H,23,26)/t14-/m1/s1. The Morgan fingerprint density at radius 3 is 2.27 bits per heavy atom. The van der Waals surface area contributed by atoms with Crippen LogP contribution >= 0.6 is 0 Å². The van der Waals surface area contributed by atoms with Crippen molar-refractivity contribution in [3.8, 4) is 0 Å². The molecule has 2 rings (SSSR count). The molecule has 4 nitrogen and oxygen atoms in total. The summed E-state index contributed by atoms with van der Waals surface area (Å²) < 4.78 is 52.2. The van der Waals surface area contributed by atoms with Gasteiger partial charge in [0, 0.05) is 45.8 Å². The van der Waals surface area contributed by atoms with Crippen molar-refractivity contribution in [1.82, 2.24) is 15.1 Å². The van der Waals surface area contributed by atoms with Gasteiger partial charge < -0.3 is 5.32 Å². The number of amides is 1. The number of benzene rings is 1. The molecule has 1 saturated heterocycles. The van der Waals surface area contributed by atoms with E-state index in [9.17, 15) is 22.4 Å². The first-order valence-electron chi connectivity index (χ1n) is 8.68. The molecule has 0 aromatic heterocycles. The van der Waals surface area contributed by atoms with Gasteiger partial charge in [-0.25, -0.2) is 4.39 Å². The molecule has 1 heterocycles. The van der Waals surface area contributed by atoms with Crippen molar-refractivity contribution in [2.24, 2.45) is 0 Å². The van der Waals surface area contributed by atoms with Gasteiger partial charge in [-0.15, -0.1) is 0 Å². The molecule has 1 N–H and O–H groups in total. The monoisotopic (exact) mass is 375 g/mol. The highest BCUT2D eigenvalue weighted by molar-refractivity contribution is 5.83. The molecule has 0 saturated carbocycles. The Kier molecular flexibility index (Phi) is 6.63. The summed E-state index contributed by atoms with van der Waals surface area (Å²) >= 11 is 0. The second-order valence-corrected chi connectivity index (χ2v) is 6.83. The molecule has 146 valence electrons. The second kappa shape index (κ2) is 8.35. The van der Waals surface area contributed by atoms with Crippen LogP contribution in [0.3, 0.4) is 0 Å². The van der Waals surface area contributed by atoms with Crippen LogP contribution in [-0.2, 0) is 11.0 Å².